The molecule has 1 atom stereocenters. The van der Waals surface area contributed by atoms with E-state index in [0.717, 1.165) is 31.7 Å². The highest BCUT2D eigenvalue weighted by atomic mass is 35.5. The average Bonchev–Trinajstić information content (AvgIpc) is 2.36. The molecule has 94 valence electrons. The van der Waals surface area contributed by atoms with Crippen LogP contribution in [0.3, 0.4) is 0 Å². The molecule has 0 bridgehead atoms. The molecule has 0 aliphatic carbocycles. The summed E-state index contributed by atoms with van der Waals surface area (Å²) in [4.78, 5) is 2.10. The smallest absolute Gasteiger partial charge is 0.134 e. The number of benzene rings is 1. The van der Waals surface area contributed by atoms with Crippen molar-refractivity contribution in [3.63, 3.8) is 0 Å². The minimum atomic E-state index is -0.443. The molecule has 1 heterocycles. The van der Waals surface area contributed by atoms with Gasteiger partial charge in [0.1, 0.15) is 12.4 Å². The van der Waals surface area contributed by atoms with Crippen molar-refractivity contribution in [1.82, 2.24) is 10.2 Å². The maximum atomic E-state index is 13.2. The van der Waals surface area contributed by atoms with Crippen molar-refractivity contribution in [1.29, 1.82) is 0 Å². The van der Waals surface area contributed by atoms with Crippen molar-refractivity contribution < 1.29 is 9.50 Å². The van der Waals surface area contributed by atoms with Gasteiger partial charge in [-0.25, -0.2) is 4.39 Å². The van der Waals surface area contributed by atoms with E-state index >= 15 is 0 Å². The van der Waals surface area contributed by atoms with E-state index in [2.05, 4.69) is 10.2 Å². The number of phenols is 1. The largest absolute Gasteiger partial charge is 0.506 e. The number of hydrogen-bond donors (Lipinski definition) is 2. The zero-order chi connectivity index (χ0) is 12.3. The van der Waals surface area contributed by atoms with E-state index in [1.807, 2.05) is 0 Å². The molecular formula is C12H16ClFN2O. The minimum absolute atomic E-state index is 0.0355. The van der Waals surface area contributed by atoms with Gasteiger partial charge in [0.15, 0.2) is 0 Å². The Bertz CT molecular complexity index is 383. The summed E-state index contributed by atoms with van der Waals surface area (Å²) >= 11 is 5.85. The molecule has 5 heteroatoms. The van der Waals surface area contributed by atoms with E-state index in [-0.39, 0.29) is 16.8 Å². The van der Waals surface area contributed by atoms with E-state index in [0.29, 0.717) is 0 Å². The molecular weight excluding hydrogens is 243 g/mol. The minimum Gasteiger partial charge on any atom is -0.506 e. The highest BCUT2D eigenvalue weighted by Gasteiger charge is 2.22. The molecule has 2 N–H and O–H groups in total. The van der Waals surface area contributed by atoms with Crippen LogP contribution in [0.5, 0.6) is 5.75 Å². The van der Waals surface area contributed by atoms with E-state index in [1.54, 1.807) is 12.1 Å². The normalized spacial score (nSPS) is 19.2. The molecule has 17 heavy (non-hydrogen) atoms. The number of rotatable bonds is 3. The second kappa shape index (κ2) is 5.67. The molecule has 0 radical (unpaired) electrons. The van der Waals surface area contributed by atoms with Crippen LogP contribution >= 0.6 is 11.6 Å². The molecule has 1 aliphatic rings. The lowest BCUT2D eigenvalue weighted by molar-refractivity contribution is 0.147. The summed E-state index contributed by atoms with van der Waals surface area (Å²) in [6.07, 6.45) is 0. The predicted octanol–water partition coefficient (Wildman–Crippen LogP) is 1.96. The summed E-state index contributed by atoms with van der Waals surface area (Å²) in [5, 5.41) is 12.9. The van der Waals surface area contributed by atoms with Crippen LogP contribution in [-0.4, -0.2) is 42.9 Å². The molecule has 1 aromatic carbocycles. The first kappa shape index (κ1) is 12.6. The number of phenolic OH excluding ortho intramolecular Hbond substituents is 1. The first-order valence-electron chi connectivity index (χ1n) is 5.71. The van der Waals surface area contributed by atoms with Gasteiger partial charge in [-0.15, -0.1) is 0 Å². The molecule has 0 aromatic heterocycles. The van der Waals surface area contributed by atoms with Crippen molar-refractivity contribution >= 4 is 11.6 Å². The number of piperazine rings is 1. The Morgan fingerprint density at radius 1 is 1.41 bits per heavy atom. The standard InChI is InChI=1S/C12H16ClFN2O/c13-10-7-9(1-2-12(10)17)11(8-14)16-5-3-15-4-6-16/h1-2,7,11,15,17H,3-6,8H2/t11-/m1/s1. The Morgan fingerprint density at radius 3 is 2.71 bits per heavy atom. The molecule has 0 saturated carbocycles. The number of nitrogens with zero attached hydrogens (tertiary/aromatic N) is 1. The average molecular weight is 259 g/mol. The van der Waals surface area contributed by atoms with Crippen LogP contribution in [0.1, 0.15) is 11.6 Å². The van der Waals surface area contributed by atoms with Crippen molar-refractivity contribution in [2.75, 3.05) is 32.9 Å². The summed E-state index contributed by atoms with van der Waals surface area (Å²) in [6, 6.07) is 4.62. The van der Waals surface area contributed by atoms with Gasteiger partial charge in [-0.3, -0.25) is 4.90 Å². The van der Waals surface area contributed by atoms with Gasteiger partial charge in [-0.1, -0.05) is 17.7 Å². The summed E-state index contributed by atoms with van der Waals surface area (Å²) in [7, 11) is 0. The predicted molar refractivity (Wildman–Crippen MR) is 66.3 cm³/mol. The third kappa shape index (κ3) is 2.89. The molecule has 1 fully saturated rings. The van der Waals surface area contributed by atoms with Gasteiger partial charge in [-0.2, -0.15) is 0 Å². The Kier molecular flexibility index (Phi) is 4.20. The maximum absolute atomic E-state index is 13.2. The molecule has 1 aliphatic heterocycles. The maximum Gasteiger partial charge on any atom is 0.134 e. The molecule has 3 nitrogen and oxygen atoms in total. The number of hydrogen-bond acceptors (Lipinski definition) is 3. The van der Waals surface area contributed by atoms with Crippen LogP contribution < -0.4 is 5.32 Å². The quantitative estimate of drug-likeness (QED) is 0.870. The van der Waals surface area contributed by atoms with Gasteiger partial charge in [-0.05, 0) is 17.7 Å². The van der Waals surface area contributed by atoms with Crippen molar-refractivity contribution in [2.24, 2.45) is 0 Å². The number of nitrogens with one attached hydrogen (secondary N) is 1. The van der Waals surface area contributed by atoms with Crippen molar-refractivity contribution in [3.05, 3.63) is 28.8 Å². The van der Waals surface area contributed by atoms with E-state index in [1.165, 1.54) is 6.07 Å². The molecule has 1 saturated heterocycles. The van der Waals surface area contributed by atoms with Crippen LogP contribution in [0.2, 0.25) is 5.02 Å². The Balaban J connectivity index is 2.18. The molecule has 2 rings (SSSR count). The second-order valence-corrected chi connectivity index (χ2v) is 4.57. The van der Waals surface area contributed by atoms with E-state index in [4.69, 9.17) is 11.6 Å². The van der Waals surface area contributed by atoms with Gasteiger partial charge in [0.2, 0.25) is 0 Å². The summed E-state index contributed by atoms with van der Waals surface area (Å²) in [5.74, 6) is 0.0355. The van der Waals surface area contributed by atoms with Crippen LogP contribution in [-0.2, 0) is 0 Å². The third-order valence-electron chi connectivity index (χ3n) is 3.10. The molecule has 0 unspecified atom stereocenters. The zero-order valence-electron chi connectivity index (χ0n) is 9.50. The third-order valence-corrected chi connectivity index (χ3v) is 3.40. The number of aromatic hydroxyl groups is 1. The molecule has 0 spiro atoms. The monoisotopic (exact) mass is 258 g/mol. The molecule has 1 aromatic rings. The first-order valence-corrected chi connectivity index (χ1v) is 6.09. The molecule has 0 amide bonds. The summed E-state index contributed by atoms with van der Waals surface area (Å²) in [5.41, 5.74) is 0.817. The van der Waals surface area contributed by atoms with Crippen LogP contribution in [0.15, 0.2) is 18.2 Å². The van der Waals surface area contributed by atoms with Gasteiger partial charge in [0.05, 0.1) is 11.1 Å². The Morgan fingerprint density at radius 2 is 2.12 bits per heavy atom. The lowest BCUT2D eigenvalue weighted by Crippen LogP contribution is -2.45. The zero-order valence-corrected chi connectivity index (χ0v) is 10.3. The second-order valence-electron chi connectivity index (χ2n) is 4.17. The van der Waals surface area contributed by atoms with Gasteiger partial charge in [0, 0.05) is 26.2 Å². The van der Waals surface area contributed by atoms with Crippen LogP contribution in [0.4, 0.5) is 4.39 Å². The number of halogens is 2. The Hall–Kier alpha value is -0.840. The van der Waals surface area contributed by atoms with Crippen molar-refractivity contribution in [2.45, 2.75) is 6.04 Å². The fourth-order valence-corrected chi connectivity index (χ4v) is 2.31. The highest BCUT2D eigenvalue weighted by molar-refractivity contribution is 6.32. The van der Waals surface area contributed by atoms with E-state index in [9.17, 15) is 9.50 Å². The summed E-state index contributed by atoms with van der Waals surface area (Å²) < 4.78 is 13.2. The lowest BCUT2D eigenvalue weighted by atomic mass is 10.1. The van der Waals surface area contributed by atoms with Gasteiger partial charge < -0.3 is 10.4 Å². The Labute approximate surface area is 105 Å². The fraction of sp³-hybridized carbons (Fsp3) is 0.500. The topological polar surface area (TPSA) is 35.5 Å². The van der Waals surface area contributed by atoms with Crippen molar-refractivity contribution in [3.8, 4) is 5.75 Å². The van der Waals surface area contributed by atoms with Gasteiger partial charge in [0.25, 0.3) is 0 Å². The number of alkyl halides is 1. The van der Waals surface area contributed by atoms with Crippen LogP contribution in [0, 0.1) is 0 Å². The first-order chi connectivity index (χ1) is 8.22. The lowest BCUT2D eigenvalue weighted by Gasteiger charge is -2.33. The van der Waals surface area contributed by atoms with E-state index < -0.39 is 6.67 Å². The highest BCUT2D eigenvalue weighted by Crippen LogP contribution is 2.29. The van der Waals surface area contributed by atoms with Gasteiger partial charge >= 0.3 is 0 Å². The SMILES string of the molecule is Oc1ccc([C@@H](CF)N2CCNCC2)cc1Cl. The fourth-order valence-electron chi connectivity index (χ4n) is 2.12. The summed E-state index contributed by atoms with van der Waals surface area (Å²) in [6.45, 7) is 2.96. The van der Waals surface area contributed by atoms with Crippen LogP contribution in [0.25, 0.3) is 0 Å².